The van der Waals surface area contributed by atoms with Gasteiger partial charge in [-0.25, -0.2) is 0 Å². The first-order valence-corrected chi connectivity index (χ1v) is 6.78. The number of nitrogens with one attached hydrogen (secondary N) is 1. The van der Waals surface area contributed by atoms with Crippen LogP contribution in [0, 0.1) is 0 Å². The van der Waals surface area contributed by atoms with Crippen molar-refractivity contribution in [3.8, 4) is 5.69 Å². The van der Waals surface area contributed by atoms with Crippen LogP contribution in [-0.2, 0) is 12.7 Å². The highest BCUT2D eigenvalue weighted by atomic mass is 19.4. The summed E-state index contributed by atoms with van der Waals surface area (Å²) in [6, 6.07) is 14.3. The van der Waals surface area contributed by atoms with Gasteiger partial charge in [-0.2, -0.15) is 17.9 Å². The molecule has 3 aromatic rings. The topological polar surface area (TPSA) is 55.6 Å². The number of aromatic nitrogens is 4. The number of hydrogen-bond donors (Lipinski definition) is 1. The molecule has 0 amide bonds. The molecule has 23 heavy (non-hydrogen) atoms. The molecule has 0 aliphatic rings. The highest BCUT2D eigenvalue weighted by molar-refractivity contribution is 5.39. The Labute approximate surface area is 129 Å². The lowest BCUT2D eigenvalue weighted by Crippen LogP contribution is -2.09. The molecule has 8 heteroatoms. The summed E-state index contributed by atoms with van der Waals surface area (Å²) >= 11 is 0. The van der Waals surface area contributed by atoms with Crippen LogP contribution in [0.4, 0.5) is 19.1 Å². The van der Waals surface area contributed by atoms with Crippen LogP contribution in [0.15, 0.2) is 54.6 Å². The Bertz CT molecular complexity index is 783. The fourth-order valence-electron chi connectivity index (χ4n) is 2.08. The summed E-state index contributed by atoms with van der Waals surface area (Å²) in [6.07, 6.45) is -4.36. The number of nitrogens with zero attached hydrogens (tertiary/aromatic N) is 4. The van der Waals surface area contributed by atoms with Crippen molar-refractivity contribution in [2.24, 2.45) is 0 Å². The second kappa shape index (κ2) is 6.07. The average molecular weight is 319 g/mol. The van der Waals surface area contributed by atoms with Gasteiger partial charge in [0.15, 0.2) is 0 Å². The minimum atomic E-state index is -4.36. The van der Waals surface area contributed by atoms with E-state index in [4.69, 9.17) is 0 Å². The van der Waals surface area contributed by atoms with Crippen LogP contribution in [0.2, 0.25) is 0 Å². The molecule has 0 saturated carbocycles. The molecule has 0 atom stereocenters. The third-order valence-electron chi connectivity index (χ3n) is 3.18. The Morgan fingerprint density at radius 2 is 1.78 bits per heavy atom. The van der Waals surface area contributed by atoms with E-state index in [1.54, 1.807) is 6.07 Å². The molecule has 0 saturated heterocycles. The average Bonchev–Trinajstić information content (AvgIpc) is 3.02. The standard InChI is InChI=1S/C15H12F3N5/c16-15(17,18)12-6-4-5-11(9-12)10-19-14-20-21-22-23(14)13-7-2-1-3-8-13/h1-9H,10H2,(H,19,20,22). The summed E-state index contributed by atoms with van der Waals surface area (Å²) in [5.41, 5.74) is 0.561. The third kappa shape index (κ3) is 3.47. The van der Waals surface area contributed by atoms with Crippen molar-refractivity contribution in [3.05, 3.63) is 65.7 Å². The molecule has 0 bridgehead atoms. The molecule has 1 heterocycles. The minimum absolute atomic E-state index is 0.178. The molecular weight excluding hydrogens is 307 g/mol. The fraction of sp³-hybridized carbons (Fsp3) is 0.133. The van der Waals surface area contributed by atoms with Crippen LogP contribution in [-0.4, -0.2) is 20.2 Å². The number of para-hydroxylation sites is 1. The number of benzene rings is 2. The maximum absolute atomic E-state index is 12.7. The van der Waals surface area contributed by atoms with Crippen molar-refractivity contribution in [2.75, 3.05) is 5.32 Å². The lowest BCUT2D eigenvalue weighted by atomic mass is 10.1. The zero-order valence-electron chi connectivity index (χ0n) is 11.8. The van der Waals surface area contributed by atoms with E-state index in [1.165, 1.54) is 10.7 Å². The second-order valence-electron chi connectivity index (χ2n) is 4.80. The molecule has 0 spiro atoms. The van der Waals surface area contributed by atoms with Crippen LogP contribution in [0.3, 0.4) is 0 Å². The van der Waals surface area contributed by atoms with Gasteiger partial charge in [0.25, 0.3) is 0 Å². The van der Waals surface area contributed by atoms with Gasteiger partial charge in [-0.15, -0.1) is 0 Å². The zero-order chi connectivity index (χ0) is 16.3. The molecule has 0 radical (unpaired) electrons. The van der Waals surface area contributed by atoms with Gasteiger partial charge < -0.3 is 5.32 Å². The maximum Gasteiger partial charge on any atom is 0.416 e. The monoisotopic (exact) mass is 319 g/mol. The van der Waals surface area contributed by atoms with Crippen LogP contribution < -0.4 is 5.32 Å². The van der Waals surface area contributed by atoms with Crippen molar-refractivity contribution in [3.63, 3.8) is 0 Å². The number of halogens is 3. The molecule has 0 aliphatic carbocycles. The molecule has 5 nitrogen and oxygen atoms in total. The first kappa shape index (κ1) is 15.0. The molecule has 0 fully saturated rings. The fourth-order valence-corrected chi connectivity index (χ4v) is 2.08. The van der Waals surface area contributed by atoms with Crippen LogP contribution in [0.5, 0.6) is 0 Å². The second-order valence-corrected chi connectivity index (χ2v) is 4.80. The van der Waals surface area contributed by atoms with Gasteiger partial charge in [-0.3, -0.25) is 0 Å². The van der Waals surface area contributed by atoms with E-state index >= 15 is 0 Å². The van der Waals surface area contributed by atoms with E-state index in [2.05, 4.69) is 20.8 Å². The molecule has 1 N–H and O–H groups in total. The number of tetrazole rings is 1. The molecule has 2 aromatic carbocycles. The highest BCUT2D eigenvalue weighted by Gasteiger charge is 2.30. The van der Waals surface area contributed by atoms with Crippen molar-refractivity contribution in [1.82, 2.24) is 20.2 Å². The van der Waals surface area contributed by atoms with Gasteiger partial charge in [0.05, 0.1) is 11.3 Å². The minimum Gasteiger partial charge on any atom is -0.349 e. The Balaban J connectivity index is 1.77. The smallest absolute Gasteiger partial charge is 0.349 e. The first-order valence-electron chi connectivity index (χ1n) is 6.78. The summed E-state index contributed by atoms with van der Waals surface area (Å²) in [5, 5.41) is 14.3. The lowest BCUT2D eigenvalue weighted by molar-refractivity contribution is -0.137. The molecule has 0 unspecified atom stereocenters. The van der Waals surface area contributed by atoms with Gasteiger partial charge in [-0.1, -0.05) is 35.4 Å². The van der Waals surface area contributed by atoms with Crippen molar-refractivity contribution in [1.29, 1.82) is 0 Å². The molecule has 0 aliphatic heterocycles. The predicted molar refractivity (Wildman–Crippen MR) is 77.9 cm³/mol. The van der Waals surface area contributed by atoms with E-state index < -0.39 is 11.7 Å². The summed E-state index contributed by atoms with van der Waals surface area (Å²) in [5.74, 6) is 0.355. The van der Waals surface area contributed by atoms with E-state index in [1.807, 2.05) is 30.3 Å². The SMILES string of the molecule is FC(F)(F)c1cccc(CNc2nnnn2-c2ccccc2)c1. The van der Waals surface area contributed by atoms with E-state index in [0.717, 1.165) is 17.8 Å². The zero-order valence-corrected chi connectivity index (χ0v) is 11.8. The van der Waals surface area contributed by atoms with E-state index in [-0.39, 0.29) is 6.54 Å². The number of anilines is 1. The highest BCUT2D eigenvalue weighted by Crippen LogP contribution is 2.29. The summed E-state index contributed by atoms with van der Waals surface area (Å²) in [6.45, 7) is 0.178. The maximum atomic E-state index is 12.7. The molecule has 1 aromatic heterocycles. The van der Waals surface area contributed by atoms with Crippen LogP contribution >= 0.6 is 0 Å². The summed E-state index contributed by atoms with van der Waals surface area (Å²) < 4.78 is 39.6. The van der Waals surface area contributed by atoms with Gasteiger partial charge in [0, 0.05) is 6.54 Å². The third-order valence-corrected chi connectivity index (χ3v) is 3.18. The van der Waals surface area contributed by atoms with Gasteiger partial charge in [-0.05, 0) is 40.3 Å². The summed E-state index contributed by atoms with van der Waals surface area (Å²) in [4.78, 5) is 0. The van der Waals surface area contributed by atoms with E-state index in [9.17, 15) is 13.2 Å². The van der Waals surface area contributed by atoms with Gasteiger partial charge >= 0.3 is 6.18 Å². The van der Waals surface area contributed by atoms with Crippen LogP contribution in [0.25, 0.3) is 5.69 Å². The number of hydrogen-bond acceptors (Lipinski definition) is 4. The Morgan fingerprint density at radius 1 is 1.00 bits per heavy atom. The molecular formula is C15H12F3N5. The van der Waals surface area contributed by atoms with Crippen LogP contribution in [0.1, 0.15) is 11.1 Å². The normalized spacial score (nSPS) is 11.4. The molecule has 3 rings (SSSR count). The number of rotatable bonds is 4. The van der Waals surface area contributed by atoms with Crippen molar-refractivity contribution in [2.45, 2.75) is 12.7 Å². The quantitative estimate of drug-likeness (QED) is 0.802. The Morgan fingerprint density at radius 3 is 2.52 bits per heavy atom. The summed E-state index contributed by atoms with van der Waals surface area (Å²) in [7, 11) is 0. The number of alkyl halides is 3. The first-order chi connectivity index (χ1) is 11.0. The molecule has 118 valence electrons. The Kier molecular flexibility index (Phi) is 3.96. The largest absolute Gasteiger partial charge is 0.416 e. The van der Waals surface area contributed by atoms with Gasteiger partial charge in [0.1, 0.15) is 0 Å². The predicted octanol–water partition coefficient (Wildman–Crippen LogP) is 3.29. The van der Waals surface area contributed by atoms with Gasteiger partial charge in [0.2, 0.25) is 5.95 Å². The van der Waals surface area contributed by atoms with E-state index in [0.29, 0.717) is 11.5 Å². The van der Waals surface area contributed by atoms with Crippen molar-refractivity contribution >= 4 is 5.95 Å². The Hall–Kier alpha value is -2.90. The lowest BCUT2D eigenvalue weighted by Gasteiger charge is -2.10. The van der Waals surface area contributed by atoms with Crippen molar-refractivity contribution < 1.29 is 13.2 Å².